The van der Waals surface area contributed by atoms with Gasteiger partial charge in [-0.25, -0.2) is 0 Å². The molecular formula is C18H24P+. The standard InChI is InChI=1S/C18H24P/c1-3-15-19(16-4-2,17-11-7-5-8-12-17)18-13-9-6-10-14-18/h5-14H,3-4,15-16H2,1-2H3/q+1. The molecule has 1 heteroatoms. The van der Waals surface area contributed by atoms with Crippen molar-refractivity contribution in [2.24, 2.45) is 0 Å². The Kier molecular flexibility index (Phi) is 5.16. The molecule has 0 bridgehead atoms. The molecule has 0 unspecified atom stereocenters. The van der Waals surface area contributed by atoms with Crippen LogP contribution in [0.25, 0.3) is 0 Å². The first-order valence-corrected chi connectivity index (χ1v) is 9.47. The molecule has 0 fully saturated rings. The van der Waals surface area contributed by atoms with E-state index in [1.165, 1.54) is 25.2 Å². The molecule has 0 aliphatic carbocycles. The lowest BCUT2D eigenvalue weighted by atomic mass is 10.4. The summed E-state index contributed by atoms with van der Waals surface area (Å²) in [7, 11) is -1.20. The van der Waals surface area contributed by atoms with Crippen LogP contribution in [-0.4, -0.2) is 12.3 Å². The van der Waals surface area contributed by atoms with Crippen LogP contribution in [0.15, 0.2) is 60.7 Å². The van der Waals surface area contributed by atoms with Crippen LogP contribution in [0.5, 0.6) is 0 Å². The van der Waals surface area contributed by atoms with Gasteiger partial charge in [0.15, 0.2) is 0 Å². The van der Waals surface area contributed by atoms with E-state index in [0.717, 1.165) is 0 Å². The summed E-state index contributed by atoms with van der Waals surface area (Å²) in [4.78, 5) is 0. The number of hydrogen-bond acceptors (Lipinski definition) is 0. The van der Waals surface area contributed by atoms with Gasteiger partial charge in [0.05, 0.1) is 30.2 Å². The largest absolute Gasteiger partial charge is 0.0991 e. The Balaban J connectivity index is 2.54. The van der Waals surface area contributed by atoms with E-state index in [1.54, 1.807) is 10.6 Å². The van der Waals surface area contributed by atoms with Gasteiger partial charge in [-0.15, -0.1) is 0 Å². The van der Waals surface area contributed by atoms with Gasteiger partial charge in [0.25, 0.3) is 0 Å². The highest BCUT2D eigenvalue weighted by Crippen LogP contribution is 2.57. The van der Waals surface area contributed by atoms with Crippen molar-refractivity contribution in [1.29, 1.82) is 0 Å². The van der Waals surface area contributed by atoms with E-state index in [2.05, 4.69) is 74.5 Å². The third kappa shape index (κ3) is 3.07. The van der Waals surface area contributed by atoms with E-state index in [0.29, 0.717) is 0 Å². The summed E-state index contributed by atoms with van der Waals surface area (Å²) in [5.41, 5.74) is 0. The molecule has 0 spiro atoms. The Hall–Kier alpha value is -1.13. The third-order valence-electron chi connectivity index (χ3n) is 3.71. The molecule has 0 amide bonds. The maximum Gasteiger partial charge on any atom is 0.0991 e. The van der Waals surface area contributed by atoms with Crippen LogP contribution in [0, 0.1) is 0 Å². The zero-order valence-electron chi connectivity index (χ0n) is 12.0. The summed E-state index contributed by atoms with van der Waals surface area (Å²) in [5.74, 6) is 0. The number of benzene rings is 2. The average Bonchev–Trinajstić information content (AvgIpc) is 2.49. The van der Waals surface area contributed by atoms with Crippen molar-refractivity contribution in [3.63, 3.8) is 0 Å². The summed E-state index contributed by atoms with van der Waals surface area (Å²) in [6, 6.07) is 22.4. The fourth-order valence-corrected chi connectivity index (χ4v) is 7.53. The molecule has 0 radical (unpaired) electrons. The van der Waals surface area contributed by atoms with Crippen LogP contribution in [0.3, 0.4) is 0 Å². The van der Waals surface area contributed by atoms with Gasteiger partial charge in [-0.05, 0) is 37.1 Å². The minimum Gasteiger partial charge on any atom is -0.0620 e. The summed E-state index contributed by atoms with van der Waals surface area (Å²) >= 11 is 0. The molecule has 0 heterocycles. The number of rotatable bonds is 6. The summed E-state index contributed by atoms with van der Waals surface area (Å²) < 4.78 is 0. The second-order valence-electron chi connectivity index (χ2n) is 5.09. The average molecular weight is 271 g/mol. The normalized spacial score (nSPS) is 11.5. The number of hydrogen-bond donors (Lipinski definition) is 0. The second kappa shape index (κ2) is 6.87. The Labute approximate surface area is 118 Å². The molecule has 0 nitrogen and oxygen atoms in total. The minimum absolute atomic E-state index is 1.20. The lowest BCUT2D eigenvalue weighted by molar-refractivity contribution is 1.05. The van der Waals surface area contributed by atoms with Crippen molar-refractivity contribution in [2.45, 2.75) is 26.7 Å². The van der Waals surface area contributed by atoms with Gasteiger partial charge >= 0.3 is 0 Å². The molecule has 0 aliphatic heterocycles. The summed E-state index contributed by atoms with van der Waals surface area (Å²) in [5, 5.41) is 3.15. The first kappa shape index (κ1) is 14.3. The molecule has 0 atom stereocenters. The molecule has 2 aromatic rings. The molecule has 19 heavy (non-hydrogen) atoms. The molecule has 2 rings (SSSR count). The molecule has 0 saturated carbocycles. The SMILES string of the molecule is CCC[P+](CCC)(c1ccccc1)c1ccccc1. The van der Waals surface area contributed by atoms with Crippen LogP contribution in [-0.2, 0) is 0 Å². The van der Waals surface area contributed by atoms with Gasteiger partial charge in [-0.2, -0.15) is 0 Å². The van der Waals surface area contributed by atoms with Gasteiger partial charge in [0.1, 0.15) is 0 Å². The van der Waals surface area contributed by atoms with Gasteiger partial charge in [-0.1, -0.05) is 50.2 Å². The molecular weight excluding hydrogens is 247 g/mol. The Morgan fingerprint density at radius 3 is 1.32 bits per heavy atom. The molecule has 0 aromatic heterocycles. The quantitative estimate of drug-likeness (QED) is 0.680. The van der Waals surface area contributed by atoms with Gasteiger partial charge in [0.2, 0.25) is 0 Å². The van der Waals surface area contributed by atoms with Crippen molar-refractivity contribution in [1.82, 2.24) is 0 Å². The van der Waals surface area contributed by atoms with E-state index in [1.807, 2.05) is 0 Å². The Morgan fingerprint density at radius 1 is 0.632 bits per heavy atom. The monoisotopic (exact) mass is 271 g/mol. The van der Waals surface area contributed by atoms with Crippen LogP contribution < -0.4 is 10.6 Å². The van der Waals surface area contributed by atoms with Gasteiger partial charge in [-0.3, -0.25) is 0 Å². The van der Waals surface area contributed by atoms with E-state index < -0.39 is 7.26 Å². The van der Waals surface area contributed by atoms with Gasteiger partial charge < -0.3 is 0 Å². The third-order valence-corrected chi connectivity index (χ3v) is 8.71. The molecule has 0 N–H and O–H groups in total. The maximum absolute atomic E-state index is 2.34. The Morgan fingerprint density at radius 2 is 1.00 bits per heavy atom. The van der Waals surface area contributed by atoms with Crippen LogP contribution in [0.1, 0.15) is 26.7 Å². The lowest BCUT2D eigenvalue weighted by Crippen LogP contribution is -2.27. The second-order valence-corrected chi connectivity index (χ2v) is 8.95. The smallest absolute Gasteiger partial charge is 0.0620 e. The highest BCUT2D eigenvalue weighted by atomic mass is 31.2. The van der Waals surface area contributed by atoms with E-state index >= 15 is 0 Å². The minimum atomic E-state index is -1.20. The lowest BCUT2D eigenvalue weighted by Gasteiger charge is -2.27. The van der Waals surface area contributed by atoms with E-state index in [4.69, 9.17) is 0 Å². The predicted octanol–water partition coefficient (Wildman–Crippen LogP) is 4.48. The van der Waals surface area contributed by atoms with Crippen molar-refractivity contribution in [3.05, 3.63) is 60.7 Å². The summed E-state index contributed by atoms with van der Waals surface area (Å²) in [6.07, 6.45) is 5.18. The van der Waals surface area contributed by atoms with Crippen LogP contribution >= 0.6 is 7.26 Å². The van der Waals surface area contributed by atoms with E-state index in [-0.39, 0.29) is 0 Å². The summed E-state index contributed by atoms with van der Waals surface area (Å²) in [6.45, 7) is 4.63. The van der Waals surface area contributed by atoms with Crippen molar-refractivity contribution in [3.8, 4) is 0 Å². The fraction of sp³-hybridized carbons (Fsp3) is 0.333. The maximum atomic E-state index is 2.34. The topological polar surface area (TPSA) is 0 Å². The first-order valence-electron chi connectivity index (χ1n) is 7.32. The van der Waals surface area contributed by atoms with Gasteiger partial charge in [0, 0.05) is 0 Å². The molecule has 100 valence electrons. The van der Waals surface area contributed by atoms with Crippen molar-refractivity contribution >= 4 is 17.9 Å². The van der Waals surface area contributed by atoms with Crippen molar-refractivity contribution < 1.29 is 0 Å². The Bertz CT molecular complexity index is 428. The zero-order valence-corrected chi connectivity index (χ0v) is 12.9. The molecule has 0 aliphatic rings. The zero-order chi connectivity index (χ0) is 13.6. The predicted molar refractivity (Wildman–Crippen MR) is 89.4 cm³/mol. The van der Waals surface area contributed by atoms with Crippen LogP contribution in [0.2, 0.25) is 0 Å². The first-order chi connectivity index (χ1) is 9.33. The van der Waals surface area contributed by atoms with Crippen LogP contribution in [0.4, 0.5) is 0 Å². The van der Waals surface area contributed by atoms with Crippen molar-refractivity contribution in [2.75, 3.05) is 12.3 Å². The van der Waals surface area contributed by atoms with E-state index in [9.17, 15) is 0 Å². The fourth-order valence-electron chi connectivity index (χ4n) is 2.97. The molecule has 2 aromatic carbocycles. The highest BCUT2D eigenvalue weighted by molar-refractivity contribution is 7.89. The highest BCUT2D eigenvalue weighted by Gasteiger charge is 2.40. The molecule has 0 saturated heterocycles.